The van der Waals surface area contributed by atoms with Crippen molar-refractivity contribution in [2.45, 2.75) is 32.4 Å². The molecule has 6 heteroatoms. The van der Waals surface area contributed by atoms with Crippen LogP contribution in [-0.4, -0.2) is 51.6 Å². The molecule has 140 valence electrons. The van der Waals surface area contributed by atoms with Crippen LogP contribution in [0.15, 0.2) is 30.5 Å². The molecular formula is C20H29N5S. The first-order valence-electron chi connectivity index (χ1n) is 9.15. The molecule has 0 aliphatic carbocycles. The van der Waals surface area contributed by atoms with Crippen molar-refractivity contribution < 1.29 is 0 Å². The van der Waals surface area contributed by atoms with E-state index in [9.17, 15) is 0 Å². The summed E-state index contributed by atoms with van der Waals surface area (Å²) in [5, 5.41) is 4.36. The highest BCUT2D eigenvalue weighted by molar-refractivity contribution is 7.80. The van der Waals surface area contributed by atoms with Crippen LogP contribution in [0.5, 0.6) is 0 Å². The third-order valence-corrected chi connectivity index (χ3v) is 5.69. The van der Waals surface area contributed by atoms with Gasteiger partial charge in [0.05, 0.1) is 17.8 Å². The lowest BCUT2D eigenvalue weighted by Crippen LogP contribution is -2.32. The van der Waals surface area contributed by atoms with Gasteiger partial charge in [-0.05, 0) is 76.9 Å². The van der Waals surface area contributed by atoms with Crippen LogP contribution < -0.4 is 5.32 Å². The molecule has 0 radical (unpaired) electrons. The van der Waals surface area contributed by atoms with E-state index in [0.29, 0.717) is 0 Å². The van der Waals surface area contributed by atoms with Gasteiger partial charge in [-0.15, -0.1) is 0 Å². The number of rotatable bonds is 6. The summed E-state index contributed by atoms with van der Waals surface area (Å²) < 4.78 is 2.25. The third kappa shape index (κ3) is 3.62. The van der Waals surface area contributed by atoms with Gasteiger partial charge in [0, 0.05) is 31.2 Å². The van der Waals surface area contributed by atoms with Gasteiger partial charge in [-0.25, -0.2) is 0 Å². The fraction of sp³-hybridized carbons (Fsp3) is 0.500. The third-order valence-electron chi connectivity index (χ3n) is 5.34. The maximum atomic E-state index is 5.72. The van der Waals surface area contributed by atoms with E-state index in [1.54, 1.807) is 0 Å². The molecule has 5 nitrogen and oxygen atoms in total. The average Bonchev–Trinajstić information content (AvgIpc) is 3.07. The van der Waals surface area contributed by atoms with E-state index in [1.807, 2.05) is 18.3 Å². The normalized spacial score (nSPS) is 20.1. The van der Waals surface area contributed by atoms with Crippen LogP contribution >= 0.6 is 12.2 Å². The molecule has 0 amide bonds. The van der Waals surface area contributed by atoms with Crippen LogP contribution in [-0.2, 0) is 7.05 Å². The van der Waals surface area contributed by atoms with Crippen LogP contribution in [0.3, 0.4) is 0 Å². The van der Waals surface area contributed by atoms with E-state index >= 15 is 0 Å². The Morgan fingerprint density at radius 2 is 2.04 bits per heavy atom. The Labute approximate surface area is 162 Å². The predicted molar refractivity (Wildman–Crippen MR) is 110 cm³/mol. The number of nitrogens with zero attached hydrogens (tertiary/aromatic N) is 4. The van der Waals surface area contributed by atoms with Gasteiger partial charge in [-0.1, -0.05) is 6.07 Å². The Morgan fingerprint density at radius 3 is 2.62 bits per heavy atom. The van der Waals surface area contributed by atoms with Crippen molar-refractivity contribution in [2.24, 2.45) is 7.05 Å². The molecule has 1 fully saturated rings. The van der Waals surface area contributed by atoms with Crippen LogP contribution in [0.4, 0.5) is 0 Å². The van der Waals surface area contributed by atoms with E-state index in [-0.39, 0.29) is 12.1 Å². The summed E-state index contributed by atoms with van der Waals surface area (Å²) in [5.74, 6) is 0. The van der Waals surface area contributed by atoms with E-state index in [4.69, 9.17) is 12.2 Å². The predicted octanol–water partition coefficient (Wildman–Crippen LogP) is 2.96. The summed E-state index contributed by atoms with van der Waals surface area (Å²) in [5.41, 5.74) is 4.93. The minimum atomic E-state index is 0.0727. The summed E-state index contributed by atoms with van der Waals surface area (Å²) in [6.45, 7) is 6.33. The number of hydrogen-bond donors (Lipinski definition) is 1. The number of pyridine rings is 1. The Kier molecular flexibility index (Phi) is 5.63. The topological polar surface area (TPSA) is 36.3 Å². The summed E-state index contributed by atoms with van der Waals surface area (Å²) >= 11 is 5.72. The van der Waals surface area contributed by atoms with Crippen molar-refractivity contribution in [1.29, 1.82) is 0 Å². The highest BCUT2D eigenvalue weighted by Crippen LogP contribution is 2.40. The van der Waals surface area contributed by atoms with Gasteiger partial charge in [-0.3, -0.25) is 4.98 Å². The smallest absolute Gasteiger partial charge is 0.170 e. The van der Waals surface area contributed by atoms with E-state index in [1.165, 1.54) is 17.0 Å². The minimum absolute atomic E-state index is 0.0727. The molecule has 3 heterocycles. The number of thiocarbonyl (C=S) groups is 1. The van der Waals surface area contributed by atoms with Crippen LogP contribution in [0.1, 0.15) is 41.1 Å². The van der Waals surface area contributed by atoms with Crippen LogP contribution in [0.25, 0.3) is 0 Å². The second-order valence-corrected chi connectivity index (χ2v) is 7.75. The van der Waals surface area contributed by atoms with E-state index in [2.05, 4.69) is 71.8 Å². The first kappa shape index (κ1) is 18.9. The van der Waals surface area contributed by atoms with Crippen molar-refractivity contribution >= 4 is 17.3 Å². The summed E-state index contributed by atoms with van der Waals surface area (Å²) in [4.78, 5) is 9.17. The maximum Gasteiger partial charge on any atom is 0.170 e. The first-order valence-corrected chi connectivity index (χ1v) is 9.56. The summed E-state index contributed by atoms with van der Waals surface area (Å²) in [7, 11) is 6.35. The molecule has 3 rings (SSSR count). The van der Waals surface area contributed by atoms with Gasteiger partial charge < -0.3 is 19.7 Å². The number of hydrogen-bond acceptors (Lipinski definition) is 3. The molecule has 1 N–H and O–H groups in total. The molecule has 2 aromatic heterocycles. The lowest BCUT2D eigenvalue weighted by Gasteiger charge is -2.28. The highest BCUT2D eigenvalue weighted by atomic mass is 32.1. The maximum absolute atomic E-state index is 5.72. The average molecular weight is 372 g/mol. The number of aromatic nitrogens is 2. The SMILES string of the molecule is Cc1cc([C@H]2[C@@H](c3ccccn3)NC(=S)N2CCCN(C)C)c(C)n1C. The Bertz CT molecular complexity index is 768. The van der Waals surface area contributed by atoms with Crippen molar-refractivity contribution in [3.8, 4) is 0 Å². The van der Waals surface area contributed by atoms with Crippen molar-refractivity contribution in [3.05, 3.63) is 53.1 Å². The van der Waals surface area contributed by atoms with Crippen LogP contribution in [0.2, 0.25) is 0 Å². The molecule has 0 aromatic carbocycles. The van der Waals surface area contributed by atoms with Crippen LogP contribution in [0, 0.1) is 13.8 Å². The fourth-order valence-corrected chi connectivity index (χ4v) is 4.06. The lowest BCUT2D eigenvalue weighted by molar-refractivity contribution is 0.292. The Hall–Kier alpha value is -1.92. The highest BCUT2D eigenvalue weighted by Gasteiger charge is 2.40. The Balaban J connectivity index is 1.97. The second-order valence-electron chi connectivity index (χ2n) is 7.36. The zero-order chi connectivity index (χ0) is 18.8. The largest absolute Gasteiger partial charge is 0.352 e. The van der Waals surface area contributed by atoms with Gasteiger partial charge in [0.1, 0.15) is 0 Å². The molecule has 1 aliphatic heterocycles. The Morgan fingerprint density at radius 1 is 1.27 bits per heavy atom. The molecule has 2 atom stereocenters. The zero-order valence-electron chi connectivity index (χ0n) is 16.4. The van der Waals surface area contributed by atoms with Gasteiger partial charge in [0.15, 0.2) is 5.11 Å². The quantitative estimate of drug-likeness (QED) is 0.790. The second kappa shape index (κ2) is 7.76. The fourth-order valence-electron chi connectivity index (χ4n) is 3.73. The molecule has 0 bridgehead atoms. The van der Waals surface area contributed by atoms with Crippen molar-refractivity contribution in [1.82, 2.24) is 24.7 Å². The van der Waals surface area contributed by atoms with Gasteiger partial charge in [0.2, 0.25) is 0 Å². The molecule has 0 spiro atoms. The first-order chi connectivity index (χ1) is 12.4. The van der Waals surface area contributed by atoms with Gasteiger partial charge >= 0.3 is 0 Å². The minimum Gasteiger partial charge on any atom is -0.352 e. The number of nitrogens with one attached hydrogen (secondary N) is 1. The molecule has 2 aromatic rings. The van der Waals surface area contributed by atoms with E-state index in [0.717, 1.165) is 30.3 Å². The zero-order valence-corrected chi connectivity index (χ0v) is 17.2. The molecular weight excluding hydrogens is 342 g/mol. The summed E-state index contributed by atoms with van der Waals surface area (Å²) in [6.07, 6.45) is 2.93. The molecule has 0 saturated carbocycles. The monoisotopic (exact) mass is 371 g/mol. The molecule has 26 heavy (non-hydrogen) atoms. The molecule has 1 saturated heterocycles. The number of aryl methyl sites for hydroxylation is 1. The lowest BCUT2D eigenvalue weighted by atomic mass is 9.96. The van der Waals surface area contributed by atoms with E-state index < -0.39 is 0 Å². The van der Waals surface area contributed by atoms with Crippen molar-refractivity contribution in [3.63, 3.8) is 0 Å². The molecule has 1 aliphatic rings. The standard InChI is InChI=1S/C20H29N5S/c1-14-13-16(15(2)24(14)5)19-18(17-9-6-7-10-21-17)22-20(26)25(19)12-8-11-23(3)4/h6-7,9-10,13,18-19H,8,11-12H2,1-5H3,(H,22,26)/t18-,19+/m1/s1. The molecule has 0 unspecified atom stereocenters. The van der Waals surface area contributed by atoms with Gasteiger partial charge in [-0.2, -0.15) is 0 Å². The van der Waals surface area contributed by atoms with Gasteiger partial charge in [0.25, 0.3) is 0 Å². The van der Waals surface area contributed by atoms with Crippen molar-refractivity contribution in [2.75, 3.05) is 27.2 Å². The summed E-state index contributed by atoms with van der Waals surface area (Å²) in [6, 6.07) is 8.62.